The summed E-state index contributed by atoms with van der Waals surface area (Å²) in [4.78, 5) is 0. The van der Waals surface area contributed by atoms with Gasteiger partial charge in [-0.25, -0.2) is 4.39 Å². The normalized spacial score (nSPS) is 25.5. The van der Waals surface area contributed by atoms with Crippen LogP contribution in [0.25, 0.3) is 0 Å². The summed E-state index contributed by atoms with van der Waals surface area (Å²) in [6.07, 6.45) is 0.927. The average Bonchev–Trinajstić information content (AvgIpc) is 2.66. The van der Waals surface area contributed by atoms with Crippen molar-refractivity contribution in [3.05, 3.63) is 29.8 Å². The Morgan fingerprint density at radius 2 is 2.13 bits per heavy atom. The number of hydrogen-bond acceptors (Lipinski definition) is 2. The van der Waals surface area contributed by atoms with Crippen LogP contribution in [-0.2, 0) is 11.2 Å². The van der Waals surface area contributed by atoms with E-state index in [-0.39, 0.29) is 6.61 Å². The number of rotatable bonds is 3. The molecule has 0 radical (unpaired) electrons. The van der Waals surface area contributed by atoms with E-state index in [1.165, 1.54) is 0 Å². The molecule has 0 spiro atoms. The molecule has 3 heteroatoms. The molecule has 1 unspecified atom stereocenters. The first-order chi connectivity index (χ1) is 7.22. The van der Waals surface area contributed by atoms with Gasteiger partial charge in [-0.15, -0.1) is 0 Å². The quantitative estimate of drug-likeness (QED) is 0.762. The molecule has 0 saturated carbocycles. The molecule has 1 aliphatic rings. The Bertz CT molecular complexity index is 315. The Morgan fingerprint density at radius 3 is 2.67 bits per heavy atom. The molecule has 0 aliphatic carbocycles. The van der Waals surface area contributed by atoms with Crippen molar-refractivity contribution in [3.8, 4) is 5.75 Å². The van der Waals surface area contributed by atoms with Gasteiger partial charge in [-0.05, 0) is 17.7 Å². The molecule has 0 N–H and O–H groups in total. The predicted octanol–water partition coefficient (Wildman–Crippen LogP) is 2.37. The Kier molecular flexibility index (Phi) is 2.91. The highest BCUT2D eigenvalue weighted by Crippen LogP contribution is 2.28. The van der Waals surface area contributed by atoms with E-state index in [0.717, 1.165) is 11.3 Å². The third kappa shape index (κ3) is 2.48. The molecule has 1 atom stereocenters. The summed E-state index contributed by atoms with van der Waals surface area (Å²) in [7, 11) is 1.62. The molecule has 1 aromatic rings. The van der Waals surface area contributed by atoms with Gasteiger partial charge in [-0.3, -0.25) is 0 Å². The third-order valence-corrected chi connectivity index (χ3v) is 2.74. The Labute approximate surface area is 89.0 Å². The molecule has 1 aromatic carbocycles. The molecule has 1 heterocycles. The fraction of sp³-hybridized carbons (Fsp3) is 0.500. The summed E-state index contributed by atoms with van der Waals surface area (Å²) >= 11 is 0. The van der Waals surface area contributed by atoms with Gasteiger partial charge in [0, 0.05) is 19.4 Å². The third-order valence-electron chi connectivity index (χ3n) is 2.74. The first-order valence-corrected chi connectivity index (χ1v) is 5.11. The van der Waals surface area contributed by atoms with E-state index < -0.39 is 5.67 Å². The molecule has 0 amide bonds. The van der Waals surface area contributed by atoms with Crippen molar-refractivity contribution in [3.63, 3.8) is 0 Å². The minimum atomic E-state index is -1.17. The summed E-state index contributed by atoms with van der Waals surface area (Å²) in [5.74, 6) is 0.800. The maximum atomic E-state index is 14.0. The monoisotopic (exact) mass is 210 g/mol. The molecule has 2 rings (SSSR count). The smallest absolute Gasteiger partial charge is 0.140 e. The van der Waals surface area contributed by atoms with Gasteiger partial charge in [-0.1, -0.05) is 12.1 Å². The van der Waals surface area contributed by atoms with Gasteiger partial charge >= 0.3 is 0 Å². The lowest BCUT2D eigenvalue weighted by molar-refractivity contribution is 0.112. The van der Waals surface area contributed by atoms with E-state index >= 15 is 0 Å². The van der Waals surface area contributed by atoms with Crippen molar-refractivity contribution in [2.75, 3.05) is 20.3 Å². The van der Waals surface area contributed by atoms with E-state index in [2.05, 4.69) is 0 Å². The van der Waals surface area contributed by atoms with Crippen LogP contribution in [0.2, 0.25) is 0 Å². The van der Waals surface area contributed by atoms with Crippen molar-refractivity contribution in [1.82, 2.24) is 0 Å². The van der Waals surface area contributed by atoms with Crippen molar-refractivity contribution in [1.29, 1.82) is 0 Å². The van der Waals surface area contributed by atoms with Gasteiger partial charge < -0.3 is 9.47 Å². The van der Waals surface area contributed by atoms with Crippen LogP contribution in [0.15, 0.2) is 24.3 Å². The van der Waals surface area contributed by atoms with E-state index in [1.807, 2.05) is 24.3 Å². The Balaban J connectivity index is 2.04. The SMILES string of the molecule is COc1ccc(CC2(F)CCOC2)cc1. The van der Waals surface area contributed by atoms with Gasteiger partial charge in [0.2, 0.25) is 0 Å². The van der Waals surface area contributed by atoms with E-state index in [1.54, 1.807) is 7.11 Å². The molecular weight excluding hydrogens is 195 g/mol. The topological polar surface area (TPSA) is 18.5 Å². The predicted molar refractivity (Wildman–Crippen MR) is 56.0 cm³/mol. The van der Waals surface area contributed by atoms with E-state index in [0.29, 0.717) is 19.4 Å². The maximum Gasteiger partial charge on any atom is 0.140 e. The van der Waals surface area contributed by atoms with Crippen LogP contribution in [0.5, 0.6) is 5.75 Å². The van der Waals surface area contributed by atoms with Crippen LogP contribution in [-0.4, -0.2) is 26.0 Å². The molecule has 2 nitrogen and oxygen atoms in total. The number of benzene rings is 1. The van der Waals surface area contributed by atoms with Crippen LogP contribution in [0.1, 0.15) is 12.0 Å². The van der Waals surface area contributed by atoms with Crippen molar-refractivity contribution < 1.29 is 13.9 Å². The number of methoxy groups -OCH3 is 1. The average molecular weight is 210 g/mol. The summed E-state index contributed by atoms with van der Waals surface area (Å²) < 4.78 is 24.1. The summed E-state index contributed by atoms with van der Waals surface area (Å²) in [5.41, 5.74) is -0.182. The van der Waals surface area contributed by atoms with Crippen molar-refractivity contribution >= 4 is 0 Å². The lowest BCUT2D eigenvalue weighted by Crippen LogP contribution is -2.25. The van der Waals surface area contributed by atoms with Gasteiger partial charge in [0.25, 0.3) is 0 Å². The van der Waals surface area contributed by atoms with Crippen LogP contribution >= 0.6 is 0 Å². The van der Waals surface area contributed by atoms with Crippen LogP contribution in [0.4, 0.5) is 4.39 Å². The molecule has 0 aromatic heterocycles. The van der Waals surface area contributed by atoms with Gasteiger partial charge in [0.05, 0.1) is 13.7 Å². The lowest BCUT2D eigenvalue weighted by atomic mass is 9.96. The standard InChI is InChI=1S/C12H15FO2/c1-14-11-4-2-10(3-5-11)8-12(13)6-7-15-9-12/h2-5H,6-9H2,1H3. The molecule has 1 aliphatic heterocycles. The number of alkyl halides is 1. The van der Waals surface area contributed by atoms with Crippen molar-refractivity contribution in [2.24, 2.45) is 0 Å². The summed E-state index contributed by atoms with van der Waals surface area (Å²) in [5, 5.41) is 0. The molecule has 1 saturated heterocycles. The second kappa shape index (κ2) is 4.19. The highest BCUT2D eigenvalue weighted by molar-refractivity contribution is 5.28. The lowest BCUT2D eigenvalue weighted by Gasteiger charge is -2.17. The zero-order valence-corrected chi connectivity index (χ0v) is 8.83. The highest BCUT2D eigenvalue weighted by Gasteiger charge is 2.34. The van der Waals surface area contributed by atoms with Crippen molar-refractivity contribution in [2.45, 2.75) is 18.5 Å². The first kappa shape index (κ1) is 10.4. The van der Waals surface area contributed by atoms with E-state index in [9.17, 15) is 4.39 Å². The fourth-order valence-corrected chi connectivity index (χ4v) is 1.83. The minimum absolute atomic E-state index is 0.221. The summed E-state index contributed by atoms with van der Waals surface area (Å²) in [6, 6.07) is 7.51. The van der Waals surface area contributed by atoms with Crippen LogP contribution in [0.3, 0.4) is 0 Å². The van der Waals surface area contributed by atoms with E-state index in [4.69, 9.17) is 9.47 Å². The second-order valence-electron chi connectivity index (χ2n) is 3.98. The molecular formula is C12H15FO2. The summed E-state index contributed by atoms with van der Waals surface area (Å²) in [6.45, 7) is 0.756. The highest BCUT2D eigenvalue weighted by atomic mass is 19.1. The minimum Gasteiger partial charge on any atom is -0.497 e. The zero-order chi connectivity index (χ0) is 10.7. The van der Waals surface area contributed by atoms with Gasteiger partial charge in [0.1, 0.15) is 11.4 Å². The van der Waals surface area contributed by atoms with Gasteiger partial charge in [-0.2, -0.15) is 0 Å². The maximum absolute atomic E-state index is 14.0. The second-order valence-corrected chi connectivity index (χ2v) is 3.98. The number of ether oxygens (including phenoxy) is 2. The molecule has 1 fully saturated rings. The zero-order valence-electron chi connectivity index (χ0n) is 8.83. The van der Waals surface area contributed by atoms with Gasteiger partial charge in [0.15, 0.2) is 0 Å². The Morgan fingerprint density at radius 1 is 1.40 bits per heavy atom. The van der Waals surface area contributed by atoms with Crippen LogP contribution in [0, 0.1) is 0 Å². The molecule has 82 valence electrons. The molecule has 0 bridgehead atoms. The fourth-order valence-electron chi connectivity index (χ4n) is 1.83. The number of halogens is 1. The molecule has 15 heavy (non-hydrogen) atoms. The Hall–Kier alpha value is -1.09. The van der Waals surface area contributed by atoms with Crippen LogP contribution < -0.4 is 4.74 Å². The largest absolute Gasteiger partial charge is 0.497 e. The number of hydrogen-bond donors (Lipinski definition) is 0. The first-order valence-electron chi connectivity index (χ1n) is 5.11.